The molecule has 0 spiro atoms. The van der Waals surface area contributed by atoms with Crippen molar-refractivity contribution < 1.29 is 4.74 Å². The van der Waals surface area contributed by atoms with Gasteiger partial charge in [0.05, 0.1) is 18.5 Å². The highest BCUT2D eigenvalue weighted by molar-refractivity contribution is 8.00. The number of ether oxygens (including phenoxy) is 1. The summed E-state index contributed by atoms with van der Waals surface area (Å²) < 4.78 is 5.21. The van der Waals surface area contributed by atoms with Crippen LogP contribution in [0.1, 0.15) is 30.1 Å². The molecule has 1 saturated heterocycles. The molecule has 0 unspecified atom stereocenters. The van der Waals surface area contributed by atoms with Crippen molar-refractivity contribution in [2.75, 3.05) is 25.6 Å². The Hall–Kier alpha value is -0.810. The molecule has 2 heterocycles. The van der Waals surface area contributed by atoms with Gasteiger partial charge < -0.3 is 10.1 Å². The van der Waals surface area contributed by atoms with Crippen LogP contribution in [0.3, 0.4) is 0 Å². The predicted octanol–water partition coefficient (Wildman–Crippen LogP) is 2.20. The number of anilines is 1. The number of hydrogen-bond acceptors (Lipinski definition) is 5. The molecule has 17 heavy (non-hydrogen) atoms. The molecular formula is C12H17N3OS. The van der Waals surface area contributed by atoms with Crippen molar-refractivity contribution >= 4 is 17.6 Å². The van der Waals surface area contributed by atoms with Gasteiger partial charge in [0.2, 0.25) is 0 Å². The summed E-state index contributed by atoms with van der Waals surface area (Å²) in [5.41, 5.74) is 1.16. The zero-order valence-corrected chi connectivity index (χ0v) is 11.0. The second kappa shape index (κ2) is 4.46. The van der Waals surface area contributed by atoms with Crippen LogP contribution in [0.5, 0.6) is 0 Å². The van der Waals surface area contributed by atoms with Crippen LogP contribution < -0.4 is 5.32 Å². The van der Waals surface area contributed by atoms with E-state index in [4.69, 9.17) is 9.72 Å². The number of rotatable bonds is 4. The van der Waals surface area contributed by atoms with E-state index in [0.717, 1.165) is 35.4 Å². The first kappa shape index (κ1) is 11.3. The summed E-state index contributed by atoms with van der Waals surface area (Å²) in [6.07, 6.45) is 2.48. The first-order valence-corrected chi connectivity index (χ1v) is 6.96. The lowest BCUT2D eigenvalue weighted by Gasteiger charge is -2.25. The third-order valence-corrected chi connectivity index (χ3v) is 4.41. The SMILES string of the molecule is CNc1nc(C2CC2)nc(SC2COC2)c1C. The third-order valence-electron chi connectivity index (χ3n) is 3.18. The van der Waals surface area contributed by atoms with E-state index >= 15 is 0 Å². The van der Waals surface area contributed by atoms with Crippen LogP contribution in [-0.2, 0) is 4.74 Å². The Kier molecular flexibility index (Phi) is 2.96. The summed E-state index contributed by atoms with van der Waals surface area (Å²) in [4.78, 5) is 9.32. The molecule has 4 nitrogen and oxygen atoms in total. The van der Waals surface area contributed by atoms with Gasteiger partial charge in [-0.3, -0.25) is 0 Å². The van der Waals surface area contributed by atoms with Gasteiger partial charge in [-0.25, -0.2) is 9.97 Å². The minimum absolute atomic E-state index is 0.570. The second-order valence-corrected chi connectivity index (χ2v) is 5.95. The number of hydrogen-bond donors (Lipinski definition) is 1. The van der Waals surface area contributed by atoms with Crippen molar-refractivity contribution in [3.8, 4) is 0 Å². The van der Waals surface area contributed by atoms with E-state index in [2.05, 4.69) is 17.2 Å². The number of aromatic nitrogens is 2. The van der Waals surface area contributed by atoms with Crippen LogP contribution in [-0.4, -0.2) is 35.5 Å². The lowest BCUT2D eigenvalue weighted by molar-refractivity contribution is 0.0454. The maximum Gasteiger partial charge on any atom is 0.135 e. The van der Waals surface area contributed by atoms with E-state index in [-0.39, 0.29) is 0 Å². The first-order chi connectivity index (χ1) is 8.28. The van der Waals surface area contributed by atoms with E-state index in [1.165, 1.54) is 12.8 Å². The Morgan fingerprint density at radius 2 is 2.06 bits per heavy atom. The average Bonchev–Trinajstić information content (AvgIpc) is 3.09. The molecule has 0 aromatic carbocycles. The second-order valence-electron chi connectivity index (χ2n) is 4.66. The van der Waals surface area contributed by atoms with Gasteiger partial charge in [0.15, 0.2) is 0 Å². The Morgan fingerprint density at radius 3 is 2.59 bits per heavy atom. The fourth-order valence-corrected chi connectivity index (χ4v) is 2.90. The quantitative estimate of drug-likeness (QED) is 0.831. The minimum atomic E-state index is 0.570. The molecule has 5 heteroatoms. The van der Waals surface area contributed by atoms with Crippen LogP contribution in [0.15, 0.2) is 5.03 Å². The van der Waals surface area contributed by atoms with Gasteiger partial charge in [-0.05, 0) is 19.8 Å². The molecule has 3 rings (SSSR count). The van der Waals surface area contributed by atoms with Gasteiger partial charge in [0.1, 0.15) is 16.7 Å². The van der Waals surface area contributed by atoms with Crippen molar-refractivity contribution in [3.63, 3.8) is 0 Å². The standard InChI is InChI=1S/C12H17N3OS/c1-7-10(13-2)14-11(8-3-4-8)15-12(7)17-9-5-16-6-9/h8-9H,3-6H2,1-2H3,(H,13,14,15). The summed E-state index contributed by atoms with van der Waals surface area (Å²) in [5, 5.41) is 4.87. The maximum absolute atomic E-state index is 5.21. The van der Waals surface area contributed by atoms with Gasteiger partial charge in [0.25, 0.3) is 0 Å². The van der Waals surface area contributed by atoms with Crippen molar-refractivity contribution in [1.29, 1.82) is 0 Å². The Morgan fingerprint density at radius 1 is 1.29 bits per heavy atom. The molecule has 1 aromatic rings. The molecular weight excluding hydrogens is 234 g/mol. The molecule has 92 valence electrons. The average molecular weight is 251 g/mol. The molecule has 0 bridgehead atoms. The van der Waals surface area contributed by atoms with Crippen molar-refractivity contribution in [3.05, 3.63) is 11.4 Å². The molecule has 1 N–H and O–H groups in total. The van der Waals surface area contributed by atoms with E-state index in [1.807, 2.05) is 18.8 Å². The Labute approximate surface area is 106 Å². The molecule has 0 amide bonds. The molecule has 2 fully saturated rings. The fraction of sp³-hybridized carbons (Fsp3) is 0.667. The summed E-state index contributed by atoms with van der Waals surface area (Å²) in [6.45, 7) is 3.79. The molecule has 1 aromatic heterocycles. The van der Waals surface area contributed by atoms with Crippen LogP contribution in [0.25, 0.3) is 0 Å². The topological polar surface area (TPSA) is 47.0 Å². The van der Waals surface area contributed by atoms with Crippen LogP contribution in [0.4, 0.5) is 5.82 Å². The van der Waals surface area contributed by atoms with E-state index in [9.17, 15) is 0 Å². The summed E-state index contributed by atoms with van der Waals surface area (Å²) in [5.74, 6) is 2.59. The highest BCUT2D eigenvalue weighted by Crippen LogP contribution is 2.40. The van der Waals surface area contributed by atoms with E-state index in [1.54, 1.807) is 0 Å². The molecule has 0 atom stereocenters. The highest BCUT2D eigenvalue weighted by atomic mass is 32.2. The van der Waals surface area contributed by atoms with Gasteiger partial charge in [0, 0.05) is 18.5 Å². The van der Waals surface area contributed by atoms with Crippen molar-refractivity contribution in [1.82, 2.24) is 9.97 Å². The normalized spacial score (nSPS) is 20.1. The Balaban J connectivity index is 1.89. The smallest absolute Gasteiger partial charge is 0.135 e. The predicted molar refractivity (Wildman–Crippen MR) is 68.8 cm³/mol. The third kappa shape index (κ3) is 2.26. The monoisotopic (exact) mass is 251 g/mol. The zero-order valence-electron chi connectivity index (χ0n) is 10.2. The van der Waals surface area contributed by atoms with Crippen molar-refractivity contribution in [2.45, 2.75) is 36.0 Å². The zero-order chi connectivity index (χ0) is 11.8. The molecule has 1 saturated carbocycles. The molecule has 2 aliphatic rings. The highest BCUT2D eigenvalue weighted by Gasteiger charge is 2.29. The van der Waals surface area contributed by atoms with Gasteiger partial charge >= 0.3 is 0 Å². The molecule has 1 aliphatic carbocycles. The summed E-state index contributed by atoms with van der Waals surface area (Å²) in [7, 11) is 1.92. The number of nitrogens with one attached hydrogen (secondary N) is 1. The maximum atomic E-state index is 5.21. The van der Waals surface area contributed by atoms with Crippen LogP contribution in [0, 0.1) is 6.92 Å². The van der Waals surface area contributed by atoms with Gasteiger partial charge in [-0.1, -0.05) is 11.8 Å². The van der Waals surface area contributed by atoms with Gasteiger partial charge in [-0.2, -0.15) is 0 Å². The summed E-state index contributed by atoms with van der Waals surface area (Å²) in [6, 6.07) is 0. The first-order valence-electron chi connectivity index (χ1n) is 6.08. The summed E-state index contributed by atoms with van der Waals surface area (Å²) >= 11 is 1.83. The van der Waals surface area contributed by atoms with Gasteiger partial charge in [-0.15, -0.1) is 0 Å². The lowest BCUT2D eigenvalue weighted by atomic mass is 10.3. The van der Waals surface area contributed by atoms with Crippen LogP contribution in [0.2, 0.25) is 0 Å². The number of thioether (sulfide) groups is 1. The van der Waals surface area contributed by atoms with Crippen molar-refractivity contribution in [2.24, 2.45) is 0 Å². The van der Waals surface area contributed by atoms with E-state index in [0.29, 0.717) is 11.2 Å². The molecule has 1 aliphatic heterocycles. The largest absolute Gasteiger partial charge is 0.379 e. The lowest BCUT2D eigenvalue weighted by Crippen LogP contribution is -2.30. The molecule has 0 radical (unpaired) electrons. The van der Waals surface area contributed by atoms with Crippen LogP contribution >= 0.6 is 11.8 Å². The number of nitrogens with zero attached hydrogens (tertiary/aromatic N) is 2. The minimum Gasteiger partial charge on any atom is -0.379 e. The fourth-order valence-electron chi connectivity index (χ4n) is 1.83. The Bertz CT molecular complexity index is 430. The van der Waals surface area contributed by atoms with E-state index < -0.39 is 0 Å².